The second-order valence-electron chi connectivity index (χ2n) is 7.33. The maximum absolute atomic E-state index is 12.9. The lowest BCUT2D eigenvalue weighted by Gasteiger charge is -2.34. The number of amides is 1. The SMILES string of the molecule is O=C(c1ccc(-c2ccccc2)cc1)N1CCN(c2nc3ccc(Cl)cc3s2)CC1. The lowest BCUT2D eigenvalue weighted by molar-refractivity contribution is 0.0747. The number of thiazole rings is 1. The number of aromatic nitrogens is 1. The minimum absolute atomic E-state index is 0.0883. The van der Waals surface area contributed by atoms with E-state index in [9.17, 15) is 4.79 Å². The van der Waals surface area contributed by atoms with Gasteiger partial charge in [0.15, 0.2) is 5.13 Å². The van der Waals surface area contributed by atoms with Gasteiger partial charge >= 0.3 is 0 Å². The van der Waals surface area contributed by atoms with Crippen LogP contribution in [0.1, 0.15) is 10.4 Å². The van der Waals surface area contributed by atoms with Crippen LogP contribution < -0.4 is 4.90 Å². The number of nitrogens with zero attached hydrogens (tertiary/aromatic N) is 3. The van der Waals surface area contributed by atoms with Gasteiger partial charge < -0.3 is 9.80 Å². The molecule has 5 rings (SSSR count). The monoisotopic (exact) mass is 433 g/mol. The number of carbonyl (C=O) groups excluding carboxylic acids is 1. The van der Waals surface area contributed by atoms with Crippen molar-refractivity contribution in [2.45, 2.75) is 0 Å². The van der Waals surface area contributed by atoms with Gasteiger partial charge in [-0.3, -0.25) is 4.79 Å². The first-order valence-corrected chi connectivity index (χ1v) is 11.1. The van der Waals surface area contributed by atoms with Gasteiger partial charge in [0.1, 0.15) is 0 Å². The first-order chi connectivity index (χ1) is 14.7. The molecule has 1 aromatic heterocycles. The molecule has 1 aliphatic heterocycles. The highest BCUT2D eigenvalue weighted by atomic mass is 35.5. The first kappa shape index (κ1) is 19.1. The second kappa shape index (κ2) is 8.09. The number of hydrogen-bond donors (Lipinski definition) is 0. The summed E-state index contributed by atoms with van der Waals surface area (Å²) in [5.41, 5.74) is 3.98. The molecule has 3 aromatic carbocycles. The van der Waals surface area contributed by atoms with Gasteiger partial charge in [0.25, 0.3) is 5.91 Å². The number of halogens is 1. The number of fused-ring (bicyclic) bond motifs is 1. The van der Waals surface area contributed by atoms with Gasteiger partial charge in [-0.1, -0.05) is 65.4 Å². The molecule has 4 nitrogen and oxygen atoms in total. The Balaban J connectivity index is 1.25. The van der Waals surface area contributed by atoms with E-state index in [1.165, 1.54) is 0 Å². The van der Waals surface area contributed by atoms with Crippen LogP contribution in [0.3, 0.4) is 0 Å². The molecule has 2 heterocycles. The third kappa shape index (κ3) is 3.78. The first-order valence-electron chi connectivity index (χ1n) is 9.93. The number of piperazine rings is 1. The Morgan fingerprint density at radius 2 is 1.57 bits per heavy atom. The van der Waals surface area contributed by atoms with E-state index in [0.29, 0.717) is 13.1 Å². The Morgan fingerprint density at radius 3 is 2.30 bits per heavy atom. The lowest BCUT2D eigenvalue weighted by Crippen LogP contribution is -2.48. The van der Waals surface area contributed by atoms with Crippen molar-refractivity contribution in [1.29, 1.82) is 0 Å². The van der Waals surface area contributed by atoms with Crippen LogP contribution in [0.15, 0.2) is 72.8 Å². The van der Waals surface area contributed by atoms with Gasteiger partial charge in [0, 0.05) is 36.8 Å². The van der Waals surface area contributed by atoms with Crippen molar-refractivity contribution in [3.8, 4) is 11.1 Å². The summed E-state index contributed by atoms with van der Waals surface area (Å²) in [6, 6.07) is 23.9. The van der Waals surface area contributed by atoms with E-state index in [-0.39, 0.29) is 5.91 Å². The molecule has 1 saturated heterocycles. The van der Waals surface area contributed by atoms with Crippen LogP contribution in [-0.2, 0) is 0 Å². The molecule has 1 aliphatic rings. The summed E-state index contributed by atoms with van der Waals surface area (Å²) in [5, 5.41) is 1.72. The van der Waals surface area contributed by atoms with Gasteiger partial charge in [0.05, 0.1) is 10.2 Å². The van der Waals surface area contributed by atoms with E-state index < -0.39 is 0 Å². The molecule has 4 aromatic rings. The molecule has 150 valence electrons. The van der Waals surface area contributed by atoms with Gasteiger partial charge in [-0.15, -0.1) is 0 Å². The van der Waals surface area contributed by atoms with E-state index in [4.69, 9.17) is 16.6 Å². The second-order valence-corrected chi connectivity index (χ2v) is 8.78. The van der Waals surface area contributed by atoms with E-state index >= 15 is 0 Å². The standard InChI is InChI=1S/C24H20ClN3OS/c25-20-10-11-21-22(16-20)30-24(26-21)28-14-12-27(13-15-28)23(29)19-8-6-18(7-9-19)17-4-2-1-3-5-17/h1-11,16H,12-15H2. The molecule has 0 radical (unpaired) electrons. The third-order valence-electron chi connectivity index (χ3n) is 5.42. The predicted octanol–water partition coefficient (Wildman–Crippen LogP) is 5.58. The summed E-state index contributed by atoms with van der Waals surface area (Å²) in [7, 11) is 0. The van der Waals surface area contributed by atoms with Crippen LogP contribution in [0.2, 0.25) is 5.02 Å². The maximum Gasteiger partial charge on any atom is 0.253 e. The minimum atomic E-state index is 0.0883. The van der Waals surface area contributed by atoms with Crippen LogP contribution >= 0.6 is 22.9 Å². The van der Waals surface area contributed by atoms with Gasteiger partial charge in [0.2, 0.25) is 0 Å². The fourth-order valence-corrected chi connectivity index (χ4v) is 5.03. The Bertz CT molecular complexity index is 1180. The lowest BCUT2D eigenvalue weighted by atomic mass is 10.0. The quantitative estimate of drug-likeness (QED) is 0.423. The molecule has 0 unspecified atom stereocenters. The normalized spacial score (nSPS) is 14.3. The Labute approximate surface area is 184 Å². The average Bonchev–Trinajstić information content (AvgIpc) is 3.23. The maximum atomic E-state index is 12.9. The minimum Gasteiger partial charge on any atom is -0.345 e. The van der Waals surface area contributed by atoms with Crippen LogP contribution in [0.5, 0.6) is 0 Å². The van der Waals surface area contributed by atoms with Crippen LogP contribution in [-0.4, -0.2) is 42.0 Å². The zero-order valence-electron chi connectivity index (χ0n) is 16.3. The summed E-state index contributed by atoms with van der Waals surface area (Å²) < 4.78 is 1.09. The van der Waals surface area contributed by atoms with Crippen molar-refractivity contribution in [2.75, 3.05) is 31.1 Å². The van der Waals surface area contributed by atoms with E-state index in [1.54, 1.807) is 11.3 Å². The van der Waals surface area contributed by atoms with E-state index in [0.717, 1.165) is 50.2 Å². The van der Waals surface area contributed by atoms with Crippen molar-refractivity contribution in [1.82, 2.24) is 9.88 Å². The molecule has 0 atom stereocenters. The summed E-state index contributed by atoms with van der Waals surface area (Å²) in [6.07, 6.45) is 0. The zero-order valence-corrected chi connectivity index (χ0v) is 17.9. The molecule has 0 N–H and O–H groups in total. The number of anilines is 1. The Kier molecular flexibility index (Phi) is 5.15. The van der Waals surface area contributed by atoms with Gasteiger partial charge in [-0.25, -0.2) is 4.98 Å². The molecule has 6 heteroatoms. The molecule has 0 spiro atoms. The summed E-state index contributed by atoms with van der Waals surface area (Å²) in [4.78, 5) is 21.9. The van der Waals surface area contributed by atoms with Crippen LogP contribution in [0, 0.1) is 0 Å². The van der Waals surface area contributed by atoms with Crippen molar-refractivity contribution in [3.05, 3.63) is 83.4 Å². The summed E-state index contributed by atoms with van der Waals surface area (Å²) >= 11 is 7.74. The van der Waals surface area contributed by atoms with Crippen molar-refractivity contribution >= 4 is 44.2 Å². The highest BCUT2D eigenvalue weighted by Gasteiger charge is 2.24. The fourth-order valence-electron chi connectivity index (χ4n) is 3.74. The molecule has 0 aliphatic carbocycles. The molecular weight excluding hydrogens is 414 g/mol. The van der Waals surface area contributed by atoms with Crippen molar-refractivity contribution in [3.63, 3.8) is 0 Å². The summed E-state index contributed by atoms with van der Waals surface area (Å²) in [5.74, 6) is 0.0883. The number of hydrogen-bond acceptors (Lipinski definition) is 4. The van der Waals surface area contributed by atoms with Gasteiger partial charge in [-0.05, 0) is 41.5 Å². The Hall–Kier alpha value is -2.89. The number of carbonyl (C=O) groups is 1. The molecule has 0 bridgehead atoms. The third-order valence-corrected chi connectivity index (χ3v) is 6.73. The highest BCUT2D eigenvalue weighted by molar-refractivity contribution is 7.22. The smallest absolute Gasteiger partial charge is 0.253 e. The van der Waals surface area contributed by atoms with Crippen LogP contribution in [0.4, 0.5) is 5.13 Å². The Morgan fingerprint density at radius 1 is 0.867 bits per heavy atom. The number of benzene rings is 3. The molecule has 1 amide bonds. The van der Waals surface area contributed by atoms with Crippen molar-refractivity contribution in [2.24, 2.45) is 0 Å². The largest absolute Gasteiger partial charge is 0.345 e. The summed E-state index contributed by atoms with van der Waals surface area (Å²) in [6.45, 7) is 2.94. The van der Waals surface area contributed by atoms with Crippen molar-refractivity contribution < 1.29 is 4.79 Å². The van der Waals surface area contributed by atoms with E-state index in [2.05, 4.69) is 17.0 Å². The molecular formula is C24H20ClN3OS. The topological polar surface area (TPSA) is 36.4 Å². The van der Waals surface area contributed by atoms with Crippen LogP contribution in [0.25, 0.3) is 21.3 Å². The highest BCUT2D eigenvalue weighted by Crippen LogP contribution is 2.31. The molecule has 1 fully saturated rings. The predicted molar refractivity (Wildman–Crippen MR) is 125 cm³/mol. The van der Waals surface area contributed by atoms with E-state index in [1.807, 2.05) is 65.6 Å². The average molecular weight is 434 g/mol. The molecule has 30 heavy (non-hydrogen) atoms. The molecule has 0 saturated carbocycles. The number of rotatable bonds is 3. The fraction of sp³-hybridized carbons (Fsp3) is 0.167. The zero-order chi connectivity index (χ0) is 20.5. The van der Waals surface area contributed by atoms with Gasteiger partial charge in [-0.2, -0.15) is 0 Å².